The zero-order chi connectivity index (χ0) is 42.8. The van der Waals surface area contributed by atoms with E-state index in [4.69, 9.17) is 14.2 Å². The molecule has 8 heteroatoms. The maximum Gasteiger partial charge on any atom is 0.362 e. The highest BCUT2D eigenvalue weighted by Crippen LogP contribution is 2.14. The van der Waals surface area contributed by atoms with E-state index in [0.717, 1.165) is 70.6 Å². The van der Waals surface area contributed by atoms with Crippen LogP contribution in [0.25, 0.3) is 0 Å². The van der Waals surface area contributed by atoms with E-state index < -0.39 is 18.1 Å². The predicted octanol–water partition coefficient (Wildman–Crippen LogP) is 12.5. The number of likely N-dealkylation sites (N-methyl/N-ethyl adjacent to an activating group) is 1. The normalized spacial score (nSPS) is 13.7. The molecule has 0 heterocycles. The highest BCUT2D eigenvalue weighted by Gasteiger charge is 2.31. The first-order chi connectivity index (χ1) is 28.1. The van der Waals surface area contributed by atoms with Crippen LogP contribution in [0, 0.1) is 0 Å². The Hall–Kier alpha value is -3.49. The maximum absolute atomic E-state index is 12.7. The fourth-order valence-corrected chi connectivity index (χ4v) is 6.10. The van der Waals surface area contributed by atoms with E-state index in [-0.39, 0.29) is 42.7 Å². The predicted molar refractivity (Wildman–Crippen MR) is 243 cm³/mol. The minimum Gasteiger partial charge on any atom is -0.477 e. The Morgan fingerprint density at radius 3 is 1.40 bits per heavy atom. The van der Waals surface area contributed by atoms with Gasteiger partial charge in [-0.25, -0.2) is 4.79 Å². The second kappa shape index (κ2) is 40.3. The van der Waals surface area contributed by atoms with E-state index in [2.05, 4.69) is 98.9 Å². The molecule has 0 aromatic carbocycles. The van der Waals surface area contributed by atoms with Crippen LogP contribution in [0.2, 0.25) is 0 Å². The molecule has 1 N–H and O–H groups in total. The summed E-state index contributed by atoms with van der Waals surface area (Å²) >= 11 is 0. The summed E-state index contributed by atoms with van der Waals surface area (Å²) < 4.78 is 17.2. The van der Waals surface area contributed by atoms with Gasteiger partial charge in [-0.15, -0.1) is 0 Å². The van der Waals surface area contributed by atoms with Gasteiger partial charge in [0.05, 0.1) is 34.4 Å². The van der Waals surface area contributed by atoms with Gasteiger partial charge in [-0.2, -0.15) is 0 Å². The third-order valence-electron chi connectivity index (χ3n) is 9.54. The number of hydrogen-bond acceptors (Lipinski definition) is 6. The molecule has 0 aliphatic heterocycles. The summed E-state index contributed by atoms with van der Waals surface area (Å²) in [6.45, 7) is 4.43. The molecule has 0 amide bonds. The Labute approximate surface area is 354 Å². The lowest BCUT2D eigenvalue weighted by Crippen LogP contribution is -2.50. The largest absolute Gasteiger partial charge is 0.477 e. The van der Waals surface area contributed by atoms with Crippen molar-refractivity contribution in [1.29, 1.82) is 0 Å². The number of carboxylic acids is 1. The Balaban J connectivity index is 4.27. The maximum atomic E-state index is 12.7. The summed E-state index contributed by atoms with van der Waals surface area (Å²) in [7, 11) is 5.50. The van der Waals surface area contributed by atoms with Crippen LogP contribution in [0.5, 0.6) is 0 Å². The van der Waals surface area contributed by atoms with Crippen LogP contribution >= 0.6 is 0 Å². The van der Waals surface area contributed by atoms with Crippen molar-refractivity contribution < 1.29 is 38.2 Å². The molecule has 58 heavy (non-hydrogen) atoms. The first kappa shape index (κ1) is 54.5. The number of carboxylic acid groups (broad SMARTS) is 1. The van der Waals surface area contributed by atoms with Gasteiger partial charge >= 0.3 is 17.9 Å². The molecule has 2 unspecified atom stereocenters. The second-order valence-corrected chi connectivity index (χ2v) is 15.9. The molecule has 0 aliphatic carbocycles. The molecule has 330 valence electrons. The van der Waals surface area contributed by atoms with Gasteiger partial charge in [-0.3, -0.25) is 9.59 Å². The quantitative estimate of drug-likeness (QED) is 0.0286. The van der Waals surface area contributed by atoms with Crippen molar-refractivity contribution in [3.8, 4) is 0 Å². The number of nitrogens with zero attached hydrogens (tertiary/aromatic N) is 1. The molecule has 0 saturated heterocycles. The van der Waals surface area contributed by atoms with E-state index in [1.54, 1.807) is 0 Å². The standard InChI is InChI=1S/C50H83NO7/c1-6-8-10-12-14-16-18-19-20-21-22-23-24-25-26-27-28-29-31-32-34-36-38-40-48(52)57-45-46(44-56-43-42-47(50(54)55)51(3,4)5)58-49(53)41-39-37-35-33-30-17-15-13-11-9-7-2/h8-11,14-17,19-20,22-23,33,35,46-47H,6-7,12-13,18,21,24-32,34,36-45H2,1-5H3/p+1/b10-8+,11-9+,16-14+,17-15+,20-19+,23-22+,35-33+. The number of allylic oxidation sites excluding steroid dienone is 14. The highest BCUT2D eigenvalue weighted by molar-refractivity contribution is 5.72. The van der Waals surface area contributed by atoms with Gasteiger partial charge in [0.15, 0.2) is 12.1 Å². The van der Waals surface area contributed by atoms with Crippen LogP contribution in [-0.4, -0.2) is 80.6 Å². The van der Waals surface area contributed by atoms with Crippen LogP contribution in [0.4, 0.5) is 0 Å². The van der Waals surface area contributed by atoms with Crippen molar-refractivity contribution >= 4 is 17.9 Å². The first-order valence-corrected chi connectivity index (χ1v) is 22.6. The molecule has 0 fully saturated rings. The number of hydrogen-bond donors (Lipinski definition) is 1. The summed E-state index contributed by atoms with van der Waals surface area (Å²) in [5.41, 5.74) is 0. The first-order valence-electron chi connectivity index (χ1n) is 22.6. The Bertz CT molecular complexity index is 1220. The Morgan fingerprint density at radius 2 is 0.931 bits per heavy atom. The van der Waals surface area contributed by atoms with Crippen LogP contribution < -0.4 is 0 Å². The summed E-state index contributed by atoms with van der Waals surface area (Å²) in [5.74, 6) is -1.55. The number of carbonyl (C=O) groups excluding carboxylic acids is 2. The SMILES string of the molecule is CC/C=C/C/C=C/C/C=C/C/C=C/CCCCCCCCCCCCC(=O)OCC(COCCC(C(=O)O)[N+](C)(C)C)OC(=O)CCC/C=C/C/C=C/C/C=C/CC. The average Bonchev–Trinajstić information content (AvgIpc) is 3.18. The topological polar surface area (TPSA) is 99.1 Å². The molecule has 0 saturated carbocycles. The van der Waals surface area contributed by atoms with E-state index in [1.807, 2.05) is 21.1 Å². The molecule has 0 spiro atoms. The highest BCUT2D eigenvalue weighted by atomic mass is 16.6. The van der Waals surface area contributed by atoms with E-state index in [1.165, 1.54) is 51.4 Å². The fourth-order valence-electron chi connectivity index (χ4n) is 6.10. The molecule has 0 rings (SSSR count). The number of quaternary nitrogens is 1. The second-order valence-electron chi connectivity index (χ2n) is 15.9. The van der Waals surface area contributed by atoms with Crippen molar-refractivity contribution in [3.05, 3.63) is 85.1 Å². The van der Waals surface area contributed by atoms with Gasteiger partial charge in [0.25, 0.3) is 0 Å². The molecule has 8 nitrogen and oxygen atoms in total. The van der Waals surface area contributed by atoms with Crippen LogP contribution in [0.3, 0.4) is 0 Å². The molecule has 2 atom stereocenters. The number of unbranched alkanes of at least 4 members (excludes halogenated alkanes) is 11. The third-order valence-corrected chi connectivity index (χ3v) is 9.54. The van der Waals surface area contributed by atoms with Crippen molar-refractivity contribution in [2.24, 2.45) is 0 Å². The van der Waals surface area contributed by atoms with Gasteiger partial charge < -0.3 is 23.8 Å². The van der Waals surface area contributed by atoms with Crippen LogP contribution in [-0.2, 0) is 28.6 Å². The van der Waals surface area contributed by atoms with Crippen molar-refractivity contribution in [2.45, 2.75) is 174 Å². The van der Waals surface area contributed by atoms with Gasteiger partial charge in [0, 0.05) is 19.3 Å². The molecule has 0 aliphatic rings. The molecular formula is C50H84NO7+. The van der Waals surface area contributed by atoms with Gasteiger partial charge in [-0.05, 0) is 77.0 Å². The smallest absolute Gasteiger partial charge is 0.362 e. The average molecular weight is 811 g/mol. The molecular weight excluding hydrogens is 727 g/mol. The lowest BCUT2D eigenvalue weighted by atomic mass is 10.1. The number of ether oxygens (including phenoxy) is 3. The van der Waals surface area contributed by atoms with E-state index in [9.17, 15) is 19.5 Å². The van der Waals surface area contributed by atoms with Gasteiger partial charge in [-0.1, -0.05) is 150 Å². The van der Waals surface area contributed by atoms with Crippen molar-refractivity contribution in [3.63, 3.8) is 0 Å². The lowest BCUT2D eigenvalue weighted by molar-refractivity contribution is -0.887. The van der Waals surface area contributed by atoms with Gasteiger partial charge in [0.1, 0.15) is 6.61 Å². The molecule has 0 aromatic rings. The number of carbonyl (C=O) groups is 3. The number of aliphatic carboxylic acids is 1. The fraction of sp³-hybridized carbons (Fsp3) is 0.660. The summed E-state index contributed by atoms with van der Waals surface area (Å²) in [6, 6.07) is -0.627. The Morgan fingerprint density at radius 1 is 0.517 bits per heavy atom. The van der Waals surface area contributed by atoms with Crippen molar-refractivity contribution in [1.82, 2.24) is 0 Å². The van der Waals surface area contributed by atoms with E-state index >= 15 is 0 Å². The van der Waals surface area contributed by atoms with E-state index in [0.29, 0.717) is 19.3 Å². The Kier molecular flexibility index (Phi) is 37.9. The van der Waals surface area contributed by atoms with Gasteiger partial charge in [0.2, 0.25) is 0 Å². The lowest BCUT2D eigenvalue weighted by Gasteiger charge is -2.31. The summed E-state index contributed by atoms with van der Waals surface area (Å²) in [6.07, 6.45) is 52.2. The third kappa shape index (κ3) is 38.1. The van der Waals surface area contributed by atoms with Crippen LogP contribution in [0.1, 0.15) is 162 Å². The molecule has 0 aromatic heterocycles. The molecule has 0 radical (unpaired) electrons. The number of rotatable bonds is 39. The minimum absolute atomic E-state index is 0.0352. The summed E-state index contributed by atoms with van der Waals surface area (Å²) in [5, 5.41) is 9.61. The monoisotopic (exact) mass is 811 g/mol. The zero-order valence-electron chi connectivity index (χ0n) is 37.5. The van der Waals surface area contributed by atoms with Crippen molar-refractivity contribution in [2.75, 3.05) is 41.0 Å². The van der Waals surface area contributed by atoms with Crippen LogP contribution in [0.15, 0.2) is 85.1 Å². The zero-order valence-corrected chi connectivity index (χ0v) is 37.5. The molecule has 0 bridgehead atoms. The number of esters is 2. The summed E-state index contributed by atoms with van der Waals surface area (Å²) in [4.78, 5) is 36.9. The minimum atomic E-state index is -0.887.